The molecule has 1 atom stereocenters. The van der Waals surface area contributed by atoms with E-state index in [2.05, 4.69) is 10.6 Å². The Bertz CT molecular complexity index is 895. The SMILES string of the molecule is CC(C)C(NC(=O)COc1ccccc1)C(=O)NCc1ccc(C(=O)N(C)C(C)C)cc1. The number of amides is 3. The van der Waals surface area contributed by atoms with Crippen LogP contribution in [0.2, 0.25) is 0 Å². The first-order valence-electron chi connectivity index (χ1n) is 10.8. The zero-order valence-electron chi connectivity index (χ0n) is 19.4. The zero-order chi connectivity index (χ0) is 23.7. The average molecular weight is 440 g/mol. The monoisotopic (exact) mass is 439 g/mol. The highest BCUT2D eigenvalue weighted by molar-refractivity contribution is 5.94. The smallest absolute Gasteiger partial charge is 0.258 e. The Labute approximate surface area is 190 Å². The van der Waals surface area contributed by atoms with Crippen LogP contribution in [0, 0.1) is 5.92 Å². The van der Waals surface area contributed by atoms with Gasteiger partial charge in [-0.2, -0.15) is 0 Å². The van der Waals surface area contributed by atoms with Crippen LogP contribution in [-0.4, -0.2) is 48.4 Å². The molecule has 2 rings (SSSR count). The number of rotatable bonds is 10. The number of hydrogen-bond donors (Lipinski definition) is 2. The summed E-state index contributed by atoms with van der Waals surface area (Å²) in [7, 11) is 1.77. The average Bonchev–Trinajstić information content (AvgIpc) is 2.79. The number of carbonyl (C=O) groups excluding carboxylic acids is 3. The Kier molecular flexibility index (Phi) is 9.25. The molecule has 0 saturated carbocycles. The van der Waals surface area contributed by atoms with Gasteiger partial charge in [-0.25, -0.2) is 0 Å². The maximum atomic E-state index is 12.7. The largest absolute Gasteiger partial charge is 0.484 e. The molecule has 0 aromatic heterocycles. The van der Waals surface area contributed by atoms with Crippen molar-refractivity contribution >= 4 is 17.7 Å². The zero-order valence-corrected chi connectivity index (χ0v) is 19.4. The quantitative estimate of drug-likeness (QED) is 0.596. The Morgan fingerprint density at radius 3 is 2.12 bits per heavy atom. The molecule has 0 heterocycles. The van der Waals surface area contributed by atoms with Gasteiger partial charge in [0, 0.05) is 25.2 Å². The van der Waals surface area contributed by atoms with E-state index in [-0.39, 0.29) is 36.3 Å². The van der Waals surface area contributed by atoms with Crippen LogP contribution in [-0.2, 0) is 16.1 Å². The third-order valence-electron chi connectivity index (χ3n) is 5.14. The third-order valence-corrected chi connectivity index (χ3v) is 5.14. The van der Waals surface area contributed by atoms with Crippen molar-refractivity contribution in [2.75, 3.05) is 13.7 Å². The number of hydrogen-bond acceptors (Lipinski definition) is 4. The van der Waals surface area contributed by atoms with Crippen LogP contribution in [0.15, 0.2) is 54.6 Å². The predicted octanol–water partition coefficient (Wildman–Crippen LogP) is 3.00. The molecule has 0 bridgehead atoms. The van der Waals surface area contributed by atoms with Crippen molar-refractivity contribution in [1.82, 2.24) is 15.5 Å². The fourth-order valence-corrected chi connectivity index (χ4v) is 2.92. The molecule has 1 unspecified atom stereocenters. The molecule has 7 heteroatoms. The molecule has 2 aromatic rings. The van der Waals surface area contributed by atoms with Gasteiger partial charge >= 0.3 is 0 Å². The summed E-state index contributed by atoms with van der Waals surface area (Å²) >= 11 is 0. The van der Waals surface area contributed by atoms with Crippen molar-refractivity contribution in [2.24, 2.45) is 5.92 Å². The second kappa shape index (κ2) is 11.9. The molecule has 0 aliphatic carbocycles. The first-order chi connectivity index (χ1) is 15.2. The minimum atomic E-state index is -0.678. The normalized spacial score (nSPS) is 11.7. The topological polar surface area (TPSA) is 87.7 Å². The highest BCUT2D eigenvalue weighted by Gasteiger charge is 2.24. The lowest BCUT2D eigenvalue weighted by atomic mass is 10.0. The molecule has 0 spiro atoms. The van der Waals surface area contributed by atoms with E-state index in [0.29, 0.717) is 17.9 Å². The summed E-state index contributed by atoms with van der Waals surface area (Å²) in [6.45, 7) is 7.79. The van der Waals surface area contributed by atoms with Gasteiger partial charge in [-0.05, 0) is 49.6 Å². The van der Waals surface area contributed by atoms with Gasteiger partial charge < -0.3 is 20.3 Å². The van der Waals surface area contributed by atoms with E-state index >= 15 is 0 Å². The third kappa shape index (κ3) is 7.41. The molecule has 0 fully saturated rings. The van der Waals surface area contributed by atoms with Crippen LogP contribution >= 0.6 is 0 Å². The van der Waals surface area contributed by atoms with E-state index in [1.807, 2.05) is 58.0 Å². The fraction of sp³-hybridized carbons (Fsp3) is 0.400. The van der Waals surface area contributed by atoms with Gasteiger partial charge in [0.15, 0.2) is 6.61 Å². The van der Waals surface area contributed by atoms with Crippen LogP contribution < -0.4 is 15.4 Å². The Balaban J connectivity index is 1.88. The Morgan fingerprint density at radius 2 is 1.56 bits per heavy atom. The first-order valence-corrected chi connectivity index (χ1v) is 10.8. The van der Waals surface area contributed by atoms with Crippen molar-refractivity contribution in [3.8, 4) is 5.75 Å². The Hall–Kier alpha value is -3.35. The van der Waals surface area contributed by atoms with Crippen molar-refractivity contribution in [2.45, 2.75) is 46.3 Å². The van der Waals surface area contributed by atoms with Crippen molar-refractivity contribution in [3.63, 3.8) is 0 Å². The summed E-state index contributed by atoms with van der Waals surface area (Å²) in [5, 5.41) is 5.60. The summed E-state index contributed by atoms with van der Waals surface area (Å²) in [5.41, 5.74) is 1.46. The molecule has 2 N–H and O–H groups in total. The van der Waals surface area contributed by atoms with Crippen molar-refractivity contribution in [1.29, 1.82) is 0 Å². The number of nitrogens with zero attached hydrogens (tertiary/aromatic N) is 1. The summed E-state index contributed by atoms with van der Waals surface area (Å²) in [4.78, 5) is 39.0. The molecule has 32 heavy (non-hydrogen) atoms. The lowest BCUT2D eigenvalue weighted by Gasteiger charge is -2.22. The maximum Gasteiger partial charge on any atom is 0.258 e. The molecule has 3 amide bonds. The summed E-state index contributed by atoms with van der Waals surface area (Å²) in [5.74, 6) is -0.180. The molecule has 0 aliphatic rings. The van der Waals surface area contributed by atoms with Gasteiger partial charge in [-0.1, -0.05) is 44.2 Å². The lowest BCUT2D eigenvalue weighted by molar-refractivity contribution is -0.131. The molecule has 7 nitrogen and oxygen atoms in total. The van der Waals surface area contributed by atoms with Gasteiger partial charge in [-0.3, -0.25) is 14.4 Å². The van der Waals surface area contributed by atoms with E-state index in [1.165, 1.54) is 0 Å². The van der Waals surface area contributed by atoms with Gasteiger partial charge in [0.1, 0.15) is 11.8 Å². The van der Waals surface area contributed by atoms with E-state index in [4.69, 9.17) is 4.74 Å². The number of benzene rings is 2. The number of nitrogens with one attached hydrogen (secondary N) is 2. The van der Waals surface area contributed by atoms with E-state index in [9.17, 15) is 14.4 Å². The first kappa shape index (κ1) is 24.9. The second-order valence-corrected chi connectivity index (χ2v) is 8.32. The van der Waals surface area contributed by atoms with Gasteiger partial charge in [0.2, 0.25) is 5.91 Å². The number of para-hydroxylation sites is 1. The number of ether oxygens (including phenoxy) is 1. The van der Waals surface area contributed by atoms with Crippen LogP contribution in [0.25, 0.3) is 0 Å². The van der Waals surface area contributed by atoms with Crippen molar-refractivity contribution in [3.05, 3.63) is 65.7 Å². The van der Waals surface area contributed by atoms with Gasteiger partial charge in [0.05, 0.1) is 0 Å². The highest BCUT2D eigenvalue weighted by atomic mass is 16.5. The van der Waals surface area contributed by atoms with Crippen molar-refractivity contribution < 1.29 is 19.1 Å². The van der Waals surface area contributed by atoms with Crippen LogP contribution in [0.4, 0.5) is 0 Å². The summed E-state index contributed by atoms with van der Waals surface area (Å²) in [6.07, 6.45) is 0. The molecular formula is C25H33N3O4. The van der Waals surface area contributed by atoms with Gasteiger partial charge in [0.25, 0.3) is 11.8 Å². The molecule has 0 radical (unpaired) electrons. The fourth-order valence-electron chi connectivity index (χ4n) is 2.92. The van der Waals surface area contributed by atoms with Gasteiger partial charge in [-0.15, -0.1) is 0 Å². The van der Waals surface area contributed by atoms with E-state index < -0.39 is 6.04 Å². The van der Waals surface area contributed by atoms with E-state index in [1.54, 1.807) is 36.2 Å². The lowest BCUT2D eigenvalue weighted by Crippen LogP contribution is -2.50. The number of carbonyl (C=O) groups is 3. The highest BCUT2D eigenvalue weighted by Crippen LogP contribution is 2.10. The molecule has 0 aliphatic heterocycles. The molecule has 2 aromatic carbocycles. The summed E-state index contributed by atoms with van der Waals surface area (Å²) < 4.78 is 5.44. The van der Waals surface area contributed by atoms with Crippen LogP contribution in [0.1, 0.15) is 43.6 Å². The van der Waals surface area contributed by atoms with E-state index in [0.717, 1.165) is 5.56 Å². The minimum Gasteiger partial charge on any atom is -0.484 e. The molecular weight excluding hydrogens is 406 g/mol. The minimum absolute atomic E-state index is 0.0455. The standard InChI is InChI=1S/C25H33N3O4/c1-17(2)23(27-22(29)16-32-21-9-7-6-8-10-21)24(30)26-15-19-11-13-20(14-12-19)25(31)28(5)18(3)4/h6-14,17-18,23H,15-16H2,1-5H3,(H,26,30)(H,27,29). The predicted molar refractivity (Wildman–Crippen MR) is 124 cm³/mol. The molecule has 0 saturated heterocycles. The van der Waals surface area contributed by atoms with Crippen LogP contribution in [0.5, 0.6) is 5.75 Å². The second-order valence-electron chi connectivity index (χ2n) is 8.32. The summed E-state index contributed by atoms with van der Waals surface area (Å²) in [6, 6.07) is 15.6. The van der Waals surface area contributed by atoms with Crippen LogP contribution in [0.3, 0.4) is 0 Å². The maximum absolute atomic E-state index is 12.7. The molecule has 172 valence electrons. The Morgan fingerprint density at radius 1 is 0.938 bits per heavy atom.